The Kier molecular flexibility index (Phi) is 4.09. The Morgan fingerprint density at radius 3 is 2.48 bits per heavy atom. The summed E-state index contributed by atoms with van der Waals surface area (Å²) in [6, 6.07) is 2.30. The summed E-state index contributed by atoms with van der Waals surface area (Å²) < 4.78 is 0. The zero-order chi connectivity index (χ0) is 15.7. The van der Waals surface area contributed by atoms with Crippen molar-refractivity contribution in [2.24, 2.45) is 5.41 Å². The highest BCUT2D eigenvalue weighted by Crippen LogP contribution is 2.39. The van der Waals surface area contributed by atoms with Crippen LogP contribution in [0.3, 0.4) is 0 Å². The van der Waals surface area contributed by atoms with Gasteiger partial charge in [-0.05, 0) is 31.1 Å². The first kappa shape index (κ1) is 15.6. The van der Waals surface area contributed by atoms with E-state index >= 15 is 0 Å². The fourth-order valence-electron chi connectivity index (χ4n) is 2.58. The molecule has 1 saturated carbocycles. The van der Waals surface area contributed by atoms with Gasteiger partial charge in [-0.1, -0.05) is 13.8 Å². The minimum atomic E-state index is -0.894. The van der Waals surface area contributed by atoms with Crippen molar-refractivity contribution in [2.45, 2.75) is 45.1 Å². The first-order chi connectivity index (χ1) is 9.69. The molecule has 0 saturated heterocycles. The Morgan fingerprint density at radius 2 is 1.90 bits per heavy atom. The molecule has 1 fully saturated rings. The molecule has 0 aliphatic heterocycles. The minimum absolute atomic E-state index is 0.0796. The molecule has 1 aromatic heterocycles. The lowest BCUT2D eigenvalue weighted by molar-refractivity contribution is -0.0233. The number of hydrogen-bond donors (Lipinski definition) is 4. The highest BCUT2D eigenvalue weighted by atomic mass is 16.3. The van der Waals surface area contributed by atoms with Crippen LogP contribution in [0.2, 0.25) is 0 Å². The van der Waals surface area contributed by atoms with E-state index in [2.05, 4.69) is 24.1 Å². The molecule has 1 heterocycles. The summed E-state index contributed by atoms with van der Waals surface area (Å²) in [5.74, 6) is -0.833. The molecular formula is C15H22N2O4. The van der Waals surface area contributed by atoms with E-state index < -0.39 is 17.1 Å². The van der Waals surface area contributed by atoms with Crippen molar-refractivity contribution in [2.75, 3.05) is 6.54 Å². The van der Waals surface area contributed by atoms with E-state index in [1.165, 1.54) is 6.07 Å². The predicted octanol–water partition coefficient (Wildman–Crippen LogP) is 1.14. The first-order valence-electron chi connectivity index (χ1n) is 7.13. The second kappa shape index (κ2) is 5.52. The highest BCUT2D eigenvalue weighted by Gasteiger charge is 2.36. The zero-order valence-electron chi connectivity index (χ0n) is 12.4. The molecule has 2 rings (SSSR count). The Hall–Kier alpha value is -1.82. The maximum atomic E-state index is 12.0. The van der Waals surface area contributed by atoms with Crippen LogP contribution in [0.5, 0.6) is 5.88 Å². The number of carbonyl (C=O) groups is 1. The topological polar surface area (TPSA) is 102 Å². The molecule has 0 radical (unpaired) electrons. The Labute approximate surface area is 123 Å². The van der Waals surface area contributed by atoms with E-state index in [9.17, 15) is 19.8 Å². The number of amides is 1. The molecular weight excluding hydrogens is 272 g/mol. The Balaban J connectivity index is 1.96. The number of H-pyrrole nitrogens is 1. The van der Waals surface area contributed by atoms with Crippen LogP contribution in [0.15, 0.2) is 16.9 Å². The lowest BCUT2D eigenvalue weighted by atomic mass is 9.71. The van der Waals surface area contributed by atoms with Gasteiger partial charge in [-0.15, -0.1) is 0 Å². The molecule has 1 aliphatic rings. The van der Waals surface area contributed by atoms with E-state index in [1.54, 1.807) is 0 Å². The third-order valence-electron chi connectivity index (χ3n) is 4.20. The van der Waals surface area contributed by atoms with Gasteiger partial charge < -0.3 is 15.5 Å². The quantitative estimate of drug-likeness (QED) is 0.671. The van der Waals surface area contributed by atoms with Gasteiger partial charge in [0.1, 0.15) is 0 Å². The van der Waals surface area contributed by atoms with E-state index in [4.69, 9.17) is 0 Å². The maximum absolute atomic E-state index is 12.0. The van der Waals surface area contributed by atoms with Crippen LogP contribution in [0.4, 0.5) is 0 Å². The summed E-state index contributed by atoms with van der Waals surface area (Å²) in [4.78, 5) is 25.3. The molecule has 4 N–H and O–H groups in total. The minimum Gasteiger partial charge on any atom is -0.494 e. The number of aromatic nitrogens is 1. The van der Waals surface area contributed by atoms with Crippen LogP contribution in [0.1, 0.15) is 49.9 Å². The van der Waals surface area contributed by atoms with E-state index in [-0.39, 0.29) is 23.4 Å². The van der Waals surface area contributed by atoms with Crippen LogP contribution in [0.25, 0.3) is 0 Å². The van der Waals surface area contributed by atoms with Crippen molar-refractivity contribution >= 4 is 5.91 Å². The summed E-state index contributed by atoms with van der Waals surface area (Å²) in [6.07, 6.45) is 3.10. The molecule has 0 unspecified atom stereocenters. The summed E-state index contributed by atoms with van der Waals surface area (Å²) in [5.41, 5.74) is -1.13. The van der Waals surface area contributed by atoms with Crippen LogP contribution in [0, 0.1) is 5.41 Å². The number of pyridine rings is 1. The summed E-state index contributed by atoms with van der Waals surface area (Å²) >= 11 is 0. The van der Waals surface area contributed by atoms with E-state index in [0.29, 0.717) is 12.8 Å². The fraction of sp³-hybridized carbons (Fsp3) is 0.600. The standard InChI is InChI=1S/C15H22N2O4/c1-14(2)3-5-15(21,6-4-14)9-16-13(20)10-7-11(18)17-12(19)8-10/h7-8,21H,3-6,9H2,1-2H3,(H,16,20)(H2,17,18,19). The van der Waals surface area contributed by atoms with Gasteiger partial charge in [-0.2, -0.15) is 0 Å². The number of aromatic hydroxyl groups is 1. The third-order valence-corrected chi connectivity index (χ3v) is 4.20. The molecule has 1 aliphatic carbocycles. The molecule has 0 spiro atoms. The Bertz CT molecular complexity index is 582. The molecule has 0 aromatic carbocycles. The average molecular weight is 294 g/mol. The monoisotopic (exact) mass is 294 g/mol. The molecule has 116 valence electrons. The molecule has 1 aromatic rings. The molecule has 1 amide bonds. The number of hydrogen-bond acceptors (Lipinski definition) is 4. The van der Waals surface area contributed by atoms with Gasteiger partial charge in [0.15, 0.2) is 5.88 Å². The summed E-state index contributed by atoms with van der Waals surface area (Å²) in [7, 11) is 0. The van der Waals surface area contributed by atoms with Gasteiger partial charge in [-0.25, -0.2) is 0 Å². The van der Waals surface area contributed by atoms with Gasteiger partial charge in [0.05, 0.1) is 11.2 Å². The average Bonchev–Trinajstić information content (AvgIpc) is 2.39. The predicted molar refractivity (Wildman–Crippen MR) is 78.3 cm³/mol. The van der Waals surface area contributed by atoms with Gasteiger partial charge in [0, 0.05) is 18.7 Å². The van der Waals surface area contributed by atoms with Gasteiger partial charge >= 0.3 is 0 Å². The van der Waals surface area contributed by atoms with Crippen molar-refractivity contribution in [1.82, 2.24) is 10.3 Å². The zero-order valence-corrected chi connectivity index (χ0v) is 12.4. The highest BCUT2D eigenvalue weighted by molar-refractivity contribution is 5.94. The van der Waals surface area contributed by atoms with Crippen molar-refractivity contribution in [1.29, 1.82) is 0 Å². The SMILES string of the molecule is CC1(C)CCC(O)(CNC(=O)c2cc(O)[nH]c(=O)c2)CC1. The second-order valence-corrected chi connectivity index (χ2v) is 6.69. The molecule has 0 atom stereocenters. The van der Waals surface area contributed by atoms with Gasteiger partial charge in [0.2, 0.25) is 0 Å². The number of aliphatic hydroxyl groups is 1. The molecule has 0 bridgehead atoms. The van der Waals surface area contributed by atoms with Crippen molar-refractivity contribution in [3.05, 3.63) is 28.0 Å². The van der Waals surface area contributed by atoms with Crippen LogP contribution < -0.4 is 10.9 Å². The molecule has 6 heteroatoms. The summed E-state index contributed by atoms with van der Waals surface area (Å²) in [6.45, 7) is 4.49. The van der Waals surface area contributed by atoms with Crippen LogP contribution in [-0.2, 0) is 0 Å². The maximum Gasteiger partial charge on any atom is 0.251 e. The largest absolute Gasteiger partial charge is 0.494 e. The molecule has 21 heavy (non-hydrogen) atoms. The van der Waals surface area contributed by atoms with Gasteiger partial charge in [0.25, 0.3) is 11.5 Å². The van der Waals surface area contributed by atoms with Gasteiger partial charge in [-0.3, -0.25) is 14.6 Å². The number of carbonyl (C=O) groups excluding carboxylic acids is 1. The lowest BCUT2D eigenvalue weighted by Crippen LogP contribution is -2.46. The fourth-order valence-corrected chi connectivity index (χ4v) is 2.58. The number of aromatic amines is 1. The Morgan fingerprint density at radius 1 is 1.29 bits per heavy atom. The normalized spacial score (nSPS) is 20.0. The number of rotatable bonds is 3. The van der Waals surface area contributed by atoms with Crippen molar-refractivity contribution in [3.8, 4) is 5.88 Å². The van der Waals surface area contributed by atoms with E-state index in [1.807, 2.05) is 0 Å². The number of nitrogens with one attached hydrogen (secondary N) is 2. The third kappa shape index (κ3) is 4.07. The smallest absolute Gasteiger partial charge is 0.251 e. The molecule has 6 nitrogen and oxygen atoms in total. The van der Waals surface area contributed by atoms with Crippen LogP contribution in [-0.4, -0.2) is 33.3 Å². The summed E-state index contributed by atoms with van der Waals surface area (Å²) in [5, 5.41) is 22.4. The van der Waals surface area contributed by atoms with Crippen molar-refractivity contribution < 1.29 is 15.0 Å². The van der Waals surface area contributed by atoms with E-state index in [0.717, 1.165) is 18.9 Å². The van der Waals surface area contributed by atoms with Crippen LogP contribution >= 0.6 is 0 Å². The second-order valence-electron chi connectivity index (χ2n) is 6.69. The first-order valence-corrected chi connectivity index (χ1v) is 7.13. The lowest BCUT2D eigenvalue weighted by Gasteiger charge is -2.40. The van der Waals surface area contributed by atoms with Crippen molar-refractivity contribution in [3.63, 3.8) is 0 Å².